The second-order valence-electron chi connectivity index (χ2n) is 7.87. The Labute approximate surface area is 171 Å². The lowest BCUT2D eigenvalue weighted by atomic mass is 10.1. The first-order valence-electron chi connectivity index (χ1n) is 10.2. The van der Waals surface area contributed by atoms with Crippen LogP contribution in [0.3, 0.4) is 0 Å². The summed E-state index contributed by atoms with van der Waals surface area (Å²) in [7, 11) is 0. The van der Waals surface area contributed by atoms with E-state index in [0.29, 0.717) is 19.4 Å². The molecule has 1 saturated carbocycles. The van der Waals surface area contributed by atoms with Crippen molar-refractivity contribution in [2.45, 2.75) is 44.4 Å². The van der Waals surface area contributed by atoms with Crippen molar-refractivity contribution in [1.82, 2.24) is 5.32 Å². The molecule has 154 valence electrons. The molecule has 4 rings (SSSR count). The molecule has 1 heterocycles. The van der Waals surface area contributed by atoms with E-state index in [0.717, 1.165) is 35.8 Å². The van der Waals surface area contributed by atoms with Crippen LogP contribution in [0.5, 0.6) is 11.5 Å². The van der Waals surface area contributed by atoms with Crippen LogP contribution < -0.4 is 19.7 Å². The highest BCUT2D eigenvalue weighted by Crippen LogP contribution is 2.35. The molecule has 29 heavy (non-hydrogen) atoms. The minimum atomic E-state index is -1.13. The van der Waals surface area contributed by atoms with E-state index in [-0.39, 0.29) is 18.1 Å². The normalized spacial score (nSPS) is 18.5. The number of carbonyl (C=O) groups is 1. The molecule has 1 aliphatic carbocycles. The lowest BCUT2D eigenvalue weighted by molar-refractivity contribution is -0.132. The maximum Gasteiger partial charge on any atom is 0.252 e. The van der Waals surface area contributed by atoms with Crippen LogP contribution in [0.1, 0.15) is 38.3 Å². The molecule has 0 unspecified atom stereocenters. The lowest BCUT2D eigenvalue weighted by Gasteiger charge is -2.40. The Morgan fingerprint density at radius 3 is 2.34 bits per heavy atom. The van der Waals surface area contributed by atoms with Gasteiger partial charge in [-0.25, -0.2) is 0 Å². The van der Waals surface area contributed by atoms with Gasteiger partial charge >= 0.3 is 0 Å². The van der Waals surface area contributed by atoms with E-state index in [4.69, 9.17) is 9.47 Å². The summed E-state index contributed by atoms with van der Waals surface area (Å²) in [5.74, 6) is 1.44. The van der Waals surface area contributed by atoms with Crippen molar-refractivity contribution < 1.29 is 19.4 Å². The van der Waals surface area contributed by atoms with E-state index in [1.807, 2.05) is 50.2 Å². The van der Waals surface area contributed by atoms with Gasteiger partial charge in [0.25, 0.3) is 5.91 Å². The molecule has 1 amide bonds. The molecule has 1 aliphatic heterocycles. The monoisotopic (exact) mass is 396 g/mol. The van der Waals surface area contributed by atoms with Gasteiger partial charge in [0.1, 0.15) is 23.2 Å². The van der Waals surface area contributed by atoms with E-state index in [2.05, 4.69) is 22.3 Å². The highest BCUT2D eigenvalue weighted by molar-refractivity contribution is 5.88. The maximum absolute atomic E-state index is 12.0. The summed E-state index contributed by atoms with van der Waals surface area (Å²) in [6.07, 6.45) is 1.28. The lowest BCUT2D eigenvalue weighted by Crippen LogP contribution is -2.54. The second kappa shape index (κ2) is 7.95. The number of carbonyl (C=O) groups excluding carboxylic acids is 1. The molecule has 2 aromatic carbocycles. The molecule has 0 radical (unpaired) electrons. The molecule has 1 atom stereocenters. The van der Waals surface area contributed by atoms with Crippen LogP contribution in [-0.2, 0) is 4.79 Å². The predicted octanol–water partition coefficient (Wildman–Crippen LogP) is 3.06. The van der Waals surface area contributed by atoms with E-state index >= 15 is 0 Å². The third-order valence-corrected chi connectivity index (χ3v) is 5.54. The van der Waals surface area contributed by atoms with Crippen LogP contribution in [0.4, 0.5) is 5.69 Å². The Bertz CT molecular complexity index is 840. The smallest absolute Gasteiger partial charge is 0.252 e. The summed E-state index contributed by atoms with van der Waals surface area (Å²) in [5.41, 5.74) is 1.03. The molecule has 2 fully saturated rings. The molecule has 6 heteroatoms. The average molecular weight is 396 g/mol. The number of rotatable bonds is 8. The van der Waals surface area contributed by atoms with Crippen molar-refractivity contribution in [2.24, 2.45) is 0 Å². The third-order valence-electron chi connectivity index (χ3n) is 5.54. The Hall–Kier alpha value is -2.73. The summed E-state index contributed by atoms with van der Waals surface area (Å²) in [5, 5.41) is 12.8. The largest absolute Gasteiger partial charge is 0.494 e. The summed E-state index contributed by atoms with van der Waals surface area (Å²) in [4.78, 5) is 14.3. The first-order valence-corrected chi connectivity index (χ1v) is 10.2. The number of anilines is 1. The summed E-state index contributed by atoms with van der Waals surface area (Å²) in [6, 6.07) is 15.8. The van der Waals surface area contributed by atoms with Crippen molar-refractivity contribution in [3.05, 3.63) is 54.1 Å². The van der Waals surface area contributed by atoms with Gasteiger partial charge in [0.2, 0.25) is 0 Å². The van der Waals surface area contributed by atoms with Crippen LogP contribution >= 0.6 is 0 Å². The first-order chi connectivity index (χ1) is 14.0. The number of aliphatic hydroxyl groups is 1. The number of benzene rings is 2. The van der Waals surface area contributed by atoms with Gasteiger partial charge in [-0.1, -0.05) is 12.1 Å². The van der Waals surface area contributed by atoms with Crippen molar-refractivity contribution in [3.63, 3.8) is 0 Å². The van der Waals surface area contributed by atoms with Crippen molar-refractivity contribution in [1.29, 1.82) is 0 Å². The number of ether oxygens (including phenoxy) is 2. The molecule has 6 nitrogen and oxygen atoms in total. The van der Waals surface area contributed by atoms with Gasteiger partial charge in [-0.3, -0.25) is 4.79 Å². The zero-order valence-electron chi connectivity index (χ0n) is 16.9. The summed E-state index contributed by atoms with van der Waals surface area (Å²) in [6.45, 7) is 6.24. The Balaban J connectivity index is 1.25. The van der Waals surface area contributed by atoms with Crippen LogP contribution in [0.15, 0.2) is 48.5 Å². The Morgan fingerprint density at radius 1 is 1.14 bits per heavy atom. The third kappa shape index (κ3) is 4.48. The van der Waals surface area contributed by atoms with E-state index in [1.165, 1.54) is 0 Å². The molecule has 0 spiro atoms. The van der Waals surface area contributed by atoms with Gasteiger partial charge < -0.3 is 24.8 Å². The number of hydrogen-bond donors (Lipinski definition) is 2. The van der Waals surface area contributed by atoms with Crippen molar-refractivity contribution >= 4 is 11.6 Å². The zero-order valence-corrected chi connectivity index (χ0v) is 16.9. The Kier molecular flexibility index (Phi) is 5.37. The van der Waals surface area contributed by atoms with Crippen LogP contribution in [0, 0.1) is 0 Å². The van der Waals surface area contributed by atoms with Crippen LogP contribution in [-0.4, -0.2) is 42.4 Å². The minimum absolute atomic E-state index is 0.131. The molecular weight excluding hydrogens is 368 g/mol. The fraction of sp³-hybridized carbons (Fsp3) is 0.435. The standard InChI is InChI=1S/C23H28N2O4/c1-3-28-19-8-10-20(11-9-19)29-21-14-25(15-21)18-6-4-17(5-7-18)16(2)24-22(26)23(27)12-13-23/h4-11,16,21,27H,3,12-15H2,1-2H3,(H,24,26)/t16-/m0/s1. The van der Waals surface area contributed by atoms with Crippen molar-refractivity contribution in [2.75, 3.05) is 24.6 Å². The zero-order chi connectivity index (χ0) is 20.4. The number of amides is 1. The highest BCUT2D eigenvalue weighted by Gasteiger charge is 2.48. The SMILES string of the molecule is CCOc1ccc(OC2CN(c3ccc([C@H](C)NC(=O)C4(O)CC4)cc3)C2)cc1. The second-order valence-corrected chi connectivity index (χ2v) is 7.87. The fourth-order valence-electron chi connectivity index (χ4n) is 3.43. The van der Waals surface area contributed by atoms with Gasteiger partial charge in [-0.2, -0.15) is 0 Å². The maximum atomic E-state index is 12.0. The van der Waals surface area contributed by atoms with E-state index in [9.17, 15) is 9.90 Å². The average Bonchev–Trinajstić information content (AvgIpc) is 3.45. The molecule has 2 N–H and O–H groups in total. The van der Waals surface area contributed by atoms with Gasteiger partial charge in [-0.15, -0.1) is 0 Å². The van der Waals surface area contributed by atoms with Crippen LogP contribution in [0.2, 0.25) is 0 Å². The predicted molar refractivity (Wildman–Crippen MR) is 111 cm³/mol. The minimum Gasteiger partial charge on any atom is -0.494 e. The first kappa shape index (κ1) is 19.6. The number of hydrogen-bond acceptors (Lipinski definition) is 5. The van der Waals surface area contributed by atoms with E-state index < -0.39 is 5.60 Å². The molecule has 0 aromatic heterocycles. The Morgan fingerprint density at radius 2 is 1.76 bits per heavy atom. The van der Waals surface area contributed by atoms with Gasteiger partial charge in [-0.05, 0) is 68.7 Å². The van der Waals surface area contributed by atoms with Gasteiger partial charge in [0.15, 0.2) is 0 Å². The van der Waals surface area contributed by atoms with Gasteiger partial charge in [0.05, 0.1) is 25.7 Å². The summed E-state index contributed by atoms with van der Waals surface area (Å²) >= 11 is 0. The van der Waals surface area contributed by atoms with Crippen LogP contribution in [0.25, 0.3) is 0 Å². The molecule has 0 bridgehead atoms. The summed E-state index contributed by atoms with van der Waals surface area (Å²) < 4.78 is 11.5. The molecule has 2 aromatic rings. The quantitative estimate of drug-likeness (QED) is 0.718. The topological polar surface area (TPSA) is 71.0 Å². The highest BCUT2D eigenvalue weighted by atomic mass is 16.5. The van der Waals surface area contributed by atoms with E-state index in [1.54, 1.807) is 0 Å². The molecule has 2 aliphatic rings. The van der Waals surface area contributed by atoms with Crippen molar-refractivity contribution in [3.8, 4) is 11.5 Å². The molecular formula is C23H28N2O4. The van der Waals surface area contributed by atoms with Gasteiger partial charge in [0, 0.05) is 5.69 Å². The fourth-order valence-corrected chi connectivity index (χ4v) is 3.43. The number of nitrogens with one attached hydrogen (secondary N) is 1. The molecule has 1 saturated heterocycles. The number of nitrogens with zero attached hydrogens (tertiary/aromatic N) is 1.